The van der Waals surface area contributed by atoms with Crippen molar-refractivity contribution in [3.63, 3.8) is 0 Å². The van der Waals surface area contributed by atoms with E-state index in [0.29, 0.717) is 34.6 Å². The van der Waals surface area contributed by atoms with Crippen LogP contribution in [0.5, 0.6) is 0 Å². The zero-order valence-corrected chi connectivity index (χ0v) is 110. The minimum absolute atomic E-state index is 0. The minimum atomic E-state index is -6.75. The predicted octanol–water partition coefficient (Wildman–Crippen LogP) is -58.6. The number of hydrogen-bond donors (Lipinski definition) is 10. The van der Waals surface area contributed by atoms with Gasteiger partial charge in [-0.15, -0.1) is 0 Å². The average molecular weight is 2440 g/mol. The van der Waals surface area contributed by atoms with E-state index in [2.05, 4.69) is 41.8 Å². The van der Waals surface area contributed by atoms with Crippen LogP contribution in [0.25, 0.3) is 0 Å². The third-order valence-electron chi connectivity index (χ3n) is 18.5. The number of aliphatic carboxylic acids is 3. The molecule has 7 aliphatic heterocycles. The first-order chi connectivity index (χ1) is 60.8. The number of carbonyl (C=O) groups excluding carboxylic acids is 5. The van der Waals surface area contributed by atoms with E-state index in [-0.39, 0.29) is 361 Å². The van der Waals surface area contributed by atoms with Crippen molar-refractivity contribution in [2.24, 2.45) is 0 Å². The van der Waals surface area contributed by atoms with Crippen LogP contribution in [0.2, 0.25) is 0 Å². The van der Waals surface area contributed by atoms with Crippen LogP contribution in [-0.2, 0) is 236 Å². The molecule has 0 bridgehead atoms. The van der Waals surface area contributed by atoms with Gasteiger partial charge in [0.25, 0.3) is 0 Å². The zero-order valence-electron chi connectivity index (χ0n) is 78.0. The van der Waals surface area contributed by atoms with Crippen molar-refractivity contribution in [1.29, 1.82) is 0 Å². The molecule has 10 N–H and O–H groups in total. The maximum Gasteiger partial charge on any atom is 1.00 e. The monoisotopic (exact) mass is 2440 g/mol. The molecule has 0 aliphatic carbocycles. The largest absolute Gasteiger partial charge is 1.00 e. The van der Waals surface area contributed by atoms with Crippen LogP contribution in [-0.4, -0.2) is 447 Å². The smallest absolute Gasteiger partial charge is 0.726 e. The Balaban J connectivity index is -0.00000408. The summed E-state index contributed by atoms with van der Waals surface area (Å²) in [7, 11) is -63.5. The van der Waals surface area contributed by atoms with Crippen LogP contribution in [0.15, 0.2) is 11.8 Å². The van der Waals surface area contributed by atoms with E-state index >= 15 is 0 Å². The van der Waals surface area contributed by atoms with Crippen LogP contribution in [0.1, 0.15) is 34.6 Å². The summed E-state index contributed by atoms with van der Waals surface area (Å²) in [5.74, 6) is -13.9. The van der Waals surface area contributed by atoms with Crippen LogP contribution < -0.4 is 381 Å². The number of carboxylic acids is 3. The average Bonchev–Trinajstić information content (AvgIpc) is 0.745. The van der Waals surface area contributed by atoms with Crippen LogP contribution >= 0.6 is 0 Å². The van der Waals surface area contributed by atoms with Gasteiger partial charge < -0.3 is 193 Å². The molecule has 0 aromatic heterocycles. The summed E-state index contributed by atoms with van der Waals surface area (Å²) in [6, 6.07) is -6.15. The van der Waals surface area contributed by atoms with E-state index in [9.17, 15) is 210 Å². The second-order valence-electron chi connectivity index (χ2n) is 28.1. The molecule has 146 heavy (non-hydrogen) atoms. The SMILES string of the molecule is CC(=O)NC1[C@H](O[C@@H]2C(C(=O)[O-])O[C@@H](O[C@@H]3C(NC(C)=O)[C@H](O[C@@H]4C(C(=O)[O-])O[C@@H](O)C(O)[C@H]4O[C@@H]4OC(C)[C@@H](OS(=O)(=O)[O-])[C@H](OS(=O)(=O)[O-])C4O)OC(COS(=O)(=O)[O-])[C@@H]3OS(=O)(=O)[O-])[C@@H](O)C2O[C@@H]2OC(C)[C@@H](OS(=O)(=O)[O-])[C@H](OS(=O)(=O)[O-])C2O)OC(COS(=O)(=O)[O-])[C@H](OS(=O)(=O)[O-])[C@@H]1OCC(O)[C@H](/C=C(\O)C(=O)[O-])O[C@@H]1OC(C)[C@@H](OS(=O)(=O)[O-])[C@H](OS(=O)(=O)[O-])C1O.[Na+].[Na+].[Na+].[Na+].[Na+].[Na+].[Na+].[Na+].[Na+].[Na+].[Na+].[Na+]. The number of aliphatic hydroxyl groups excluding tert-OH is 8. The third-order valence-corrected chi connectivity index (χ3v) is 23.0. The number of carboxylic acid groups (broad SMARTS) is 3. The Bertz CT molecular complexity index is 5440. The fourth-order valence-electron chi connectivity index (χ4n) is 13.6. The summed E-state index contributed by atoms with van der Waals surface area (Å²) < 4.78 is 484. The topological polar surface area (TPSA) is 1130 Å². The van der Waals surface area contributed by atoms with E-state index in [1.165, 1.54) is 0 Å². The van der Waals surface area contributed by atoms with E-state index in [0.717, 1.165) is 0 Å². The Hall–Kier alpha value is 6.75. The maximum atomic E-state index is 14.1. The van der Waals surface area contributed by atoms with E-state index < -0.39 is 386 Å². The number of hydrogen-bond acceptors (Lipinski definition) is 70. The van der Waals surface area contributed by atoms with Crippen molar-refractivity contribution in [3.05, 3.63) is 11.8 Å². The second kappa shape index (κ2) is 67.7. The van der Waals surface area contributed by atoms with Crippen molar-refractivity contribution >= 4 is 134 Å². The van der Waals surface area contributed by atoms with Gasteiger partial charge in [0.05, 0.1) is 50.1 Å². The summed E-state index contributed by atoms with van der Waals surface area (Å²) in [5.41, 5.74) is 0. The summed E-state index contributed by atoms with van der Waals surface area (Å²) in [5, 5.41) is 135. The first kappa shape index (κ1) is 163. The molecule has 7 aliphatic rings. The van der Waals surface area contributed by atoms with Crippen molar-refractivity contribution in [1.82, 2.24) is 10.6 Å². The van der Waals surface area contributed by atoms with Crippen LogP contribution in [0.3, 0.4) is 0 Å². The molecular weight excluding hydrogens is 2370 g/mol. The molecule has 72 nitrogen and oxygen atoms in total. The molecule has 0 aromatic rings. The Morgan fingerprint density at radius 2 is 0.589 bits per heavy atom. The van der Waals surface area contributed by atoms with Gasteiger partial charge in [-0.3, -0.25) is 51.4 Å². The first-order valence-corrected chi connectivity index (χ1v) is 48.9. The summed E-state index contributed by atoms with van der Waals surface area (Å²) in [4.78, 5) is 66.2. The van der Waals surface area contributed by atoms with Gasteiger partial charge in [0.1, 0.15) is 176 Å². The number of amides is 2. The quantitative estimate of drug-likeness (QED) is 0.00890. The molecule has 0 spiro atoms. The van der Waals surface area contributed by atoms with E-state index in [4.69, 9.17) is 66.3 Å². The van der Waals surface area contributed by atoms with Gasteiger partial charge in [-0.2, -0.15) is 0 Å². The first-order valence-electron chi connectivity index (χ1n) is 35.6. The van der Waals surface area contributed by atoms with Crippen molar-refractivity contribution in [3.8, 4) is 0 Å². The molecule has 37 atom stereocenters. The Labute approximate surface area is 1090 Å². The van der Waals surface area contributed by atoms with Gasteiger partial charge in [-0.1, -0.05) is 0 Å². The molecule has 0 aromatic carbocycles. The molecule has 7 fully saturated rings. The van der Waals surface area contributed by atoms with Crippen molar-refractivity contribution < 1.29 is 673 Å². The van der Waals surface area contributed by atoms with Crippen LogP contribution in [0, 0.1) is 0 Å². The molecular formula is C52H69N2Na12O70S10-. The van der Waals surface area contributed by atoms with Gasteiger partial charge in [-0.25, -0.2) is 84.2 Å². The number of rotatable bonds is 44. The Morgan fingerprint density at radius 1 is 0.329 bits per heavy atom. The number of nitrogens with one attached hydrogen (secondary N) is 2. The standard InChI is InChI=1S/C52H82N2O70S10.12Na/c1-10-27(117-127(77,78)79)36(122-132(92,93)94)24(61)49(104-10)107-17(6-15(57)43(64)65)16(58)7-101-32-20(53-13(4)55)47(108-18(8-102-125(71,72)73)30(32)120-130(86,87)88)115-40-35(113-51-26(63)38(124-134(98,99)100)29(12(3)106-51)119-129(83,84)85)23(60)52(116-42(40)45(68)69)111-33-21(54-14(5)56)48(109-19(9-103-126(74,75)76)31(33)121-131(89,90)91)114-39-34(22(59)46(70)110-41(39)44(66)67)112-50-25(62)37(123-133(95,96)97)28(11(2)105-50)118-128(80,81)82;;;;;;;;;;;;/h6,10-12,16-42,46-52,57-63,70H,7-9H2,1-5H3,(H,53,55)(H,54,56)(H,64,65)(H,66,67)(H,68,69)(H,71,72,73)(H,74,75,76)(H,77,78,79)(H,80,81,82)(H,83,84,85)(H,86,87,88)(H,89,90,91)(H,92,93,94)(H,95,96,97)(H,98,99,100);;;;;;;;;;;;/q;12*+1/p-13/b15-6-;;;;;;;;;;;;/t10?,11?,12?,16?,17-,18?,19?,20?,21?,22?,23-,24?,25?,26?,27+,28+,29+,30-,31-,32+,33+,34+,35?,36+,37+,38+,39-,40-,41?,42?,46+,47-,48-,49-,50-,51-,52+;;;;;;;;;;;;/m0............/s1. The third kappa shape index (κ3) is 51.7. The van der Waals surface area contributed by atoms with Crippen molar-refractivity contribution in [2.45, 2.75) is 262 Å². The zero-order chi connectivity index (χ0) is 102. The normalized spacial score (nSPS) is 34.6. The molecule has 0 radical (unpaired) electrons. The van der Waals surface area contributed by atoms with Gasteiger partial charge >= 0.3 is 355 Å². The summed E-state index contributed by atoms with van der Waals surface area (Å²) in [6.45, 7) is -3.90. The Kier molecular flexibility index (Phi) is 75.7. The van der Waals surface area contributed by atoms with E-state index in [1.54, 1.807) is 10.6 Å². The molecule has 15 unspecified atom stereocenters. The van der Waals surface area contributed by atoms with Gasteiger partial charge in [0.2, 0.25) is 116 Å². The molecule has 0 saturated carbocycles. The predicted molar refractivity (Wildman–Crippen MR) is 364 cm³/mol. The summed E-state index contributed by atoms with van der Waals surface area (Å²) in [6.07, 6.45) is -110. The van der Waals surface area contributed by atoms with Gasteiger partial charge in [0.15, 0.2) is 44.0 Å². The molecule has 7 rings (SSSR count). The van der Waals surface area contributed by atoms with Crippen LogP contribution in [0.4, 0.5) is 0 Å². The van der Waals surface area contributed by atoms with E-state index in [1.807, 2.05) is 0 Å². The van der Waals surface area contributed by atoms with Gasteiger partial charge in [-0.05, 0) is 26.8 Å². The fourth-order valence-corrected chi connectivity index (χ4v) is 18.3. The molecule has 7 saturated heterocycles. The molecule has 780 valence electrons. The fraction of sp³-hybridized carbons (Fsp3) is 0.865. The number of ether oxygens (including phenoxy) is 14. The number of carbonyl (C=O) groups is 5. The van der Waals surface area contributed by atoms with Gasteiger partial charge in [0, 0.05) is 13.8 Å². The number of aliphatic hydroxyl groups is 8. The summed E-state index contributed by atoms with van der Waals surface area (Å²) >= 11 is 0. The second-order valence-corrected chi connectivity index (χ2v) is 38.3. The molecule has 94 heteroatoms. The molecule has 7 heterocycles. The maximum absolute atomic E-state index is 14.1. The van der Waals surface area contributed by atoms with Crippen molar-refractivity contribution in [2.75, 3.05) is 19.8 Å². The Morgan fingerprint density at radius 3 is 0.897 bits per heavy atom. The minimum Gasteiger partial charge on any atom is -0.726 e. The molecule has 2 amide bonds.